The first kappa shape index (κ1) is 16.3. The van der Waals surface area contributed by atoms with Crippen LogP contribution in [0, 0.1) is 0 Å². The fraction of sp³-hybridized carbons (Fsp3) is 0.0370. The van der Waals surface area contributed by atoms with Crippen molar-refractivity contribution < 1.29 is 0 Å². The highest BCUT2D eigenvalue weighted by Gasteiger charge is 2.26. The van der Waals surface area contributed by atoms with Gasteiger partial charge in [0.1, 0.15) is 5.65 Å². The van der Waals surface area contributed by atoms with E-state index in [9.17, 15) is 0 Å². The molecule has 0 saturated carbocycles. The average molecular weight is 401 g/mol. The number of thioether (sulfide) groups is 1. The predicted molar refractivity (Wildman–Crippen MR) is 126 cm³/mol. The van der Waals surface area contributed by atoms with Gasteiger partial charge in [-0.05, 0) is 65.1 Å². The molecule has 30 heavy (non-hydrogen) atoms. The number of pyridine rings is 1. The molecule has 1 unspecified atom stereocenters. The maximum absolute atomic E-state index is 4.76. The van der Waals surface area contributed by atoms with E-state index >= 15 is 0 Å². The fourth-order valence-corrected chi connectivity index (χ4v) is 5.86. The van der Waals surface area contributed by atoms with Gasteiger partial charge in [-0.15, -0.1) is 17.5 Å². The molecule has 1 aliphatic carbocycles. The molecular weight excluding hydrogens is 384 g/mol. The zero-order chi connectivity index (χ0) is 19.7. The number of rotatable bonds is 1. The number of nitrogens with zero attached hydrogens (tertiary/aromatic N) is 2. The lowest BCUT2D eigenvalue weighted by atomic mass is 9.97. The zero-order valence-corrected chi connectivity index (χ0v) is 16.9. The number of para-hydroxylation sites is 2. The topological polar surface area (TPSA) is 17.3 Å². The van der Waals surface area contributed by atoms with Crippen LogP contribution in [0.5, 0.6) is 0 Å². The second kappa shape index (κ2) is 5.99. The Morgan fingerprint density at radius 1 is 0.867 bits per heavy atom. The molecule has 0 radical (unpaired) electrons. The van der Waals surface area contributed by atoms with Gasteiger partial charge in [-0.3, -0.25) is 4.40 Å². The number of aromatic nitrogens is 2. The Hall–Kier alpha value is -3.52. The first-order chi connectivity index (χ1) is 14.8. The van der Waals surface area contributed by atoms with Crippen molar-refractivity contribution >= 4 is 44.9 Å². The van der Waals surface area contributed by atoms with Crippen LogP contribution in [-0.4, -0.2) is 14.6 Å². The smallest absolute Gasteiger partial charge is 0.138 e. The van der Waals surface area contributed by atoms with E-state index < -0.39 is 0 Å². The maximum Gasteiger partial charge on any atom is 0.138 e. The lowest BCUT2D eigenvalue weighted by molar-refractivity contribution is 1.30. The van der Waals surface area contributed by atoms with Crippen molar-refractivity contribution in [2.45, 2.75) is 10.1 Å². The van der Waals surface area contributed by atoms with Crippen LogP contribution in [0.1, 0.15) is 5.56 Å². The summed E-state index contributed by atoms with van der Waals surface area (Å²) >= 11 is 1.92. The zero-order valence-electron chi connectivity index (χ0n) is 16.0. The lowest BCUT2D eigenvalue weighted by Gasteiger charge is -2.08. The highest BCUT2D eigenvalue weighted by atomic mass is 32.2. The Morgan fingerprint density at radius 2 is 1.77 bits per heavy atom. The standard InChI is InChI=1S/C27H16N2S/c1-4-8-25-20(5-1)21-12-9-18(16-26(21)30-25)17-10-13-23-19(15-17)11-14-27-28-22-6-2-3-7-24(22)29(23)27/h1-4,6-16,25H. The third-order valence-corrected chi connectivity index (χ3v) is 7.27. The summed E-state index contributed by atoms with van der Waals surface area (Å²) in [6.45, 7) is 0. The second-order valence-corrected chi connectivity index (χ2v) is 8.94. The SMILES string of the molecule is C1=CC=CC2Sc3cc(-c4ccc5c(ccc6nc7ccccc7n65)c4)ccc3C=12. The Balaban J connectivity index is 1.39. The second-order valence-electron chi connectivity index (χ2n) is 7.76. The average Bonchev–Trinajstić information content (AvgIpc) is 3.36. The summed E-state index contributed by atoms with van der Waals surface area (Å²) in [6, 6.07) is 26.2. The number of hydrogen-bond acceptors (Lipinski definition) is 2. The van der Waals surface area contributed by atoms with Crippen molar-refractivity contribution in [2.75, 3.05) is 0 Å². The number of allylic oxidation sites excluding steroid dienone is 1. The van der Waals surface area contributed by atoms with Gasteiger partial charge < -0.3 is 0 Å². The molecule has 5 aromatic rings. The van der Waals surface area contributed by atoms with Crippen LogP contribution in [0.4, 0.5) is 0 Å². The van der Waals surface area contributed by atoms with E-state index in [-0.39, 0.29) is 0 Å². The van der Waals surface area contributed by atoms with Gasteiger partial charge in [-0.2, -0.15) is 0 Å². The van der Waals surface area contributed by atoms with Gasteiger partial charge in [0.05, 0.1) is 21.8 Å². The minimum absolute atomic E-state index is 0.402. The van der Waals surface area contributed by atoms with Gasteiger partial charge in [0.15, 0.2) is 0 Å². The molecule has 2 nitrogen and oxygen atoms in total. The molecule has 0 spiro atoms. The van der Waals surface area contributed by atoms with Crippen molar-refractivity contribution in [1.29, 1.82) is 0 Å². The quantitative estimate of drug-likeness (QED) is 0.285. The molecule has 0 amide bonds. The monoisotopic (exact) mass is 400 g/mol. The van der Waals surface area contributed by atoms with Crippen LogP contribution in [0.2, 0.25) is 0 Å². The summed E-state index contributed by atoms with van der Waals surface area (Å²) < 4.78 is 2.25. The summed E-state index contributed by atoms with van der Waals surface area (Å²) in [6.07, 6.45) is 6.37. The minimum atomic E-state index is 0.402. The normalized spacial score (nSPS) is 16.9. The first-order valence-electron chi connectivity index (χ1n) is 10.1. The van der Waals surface area contributed by atoms with E-state index in [1.54, 1.807) is 0 Å². The molecule has 2 aliphatic rings. The molecule has 0 fully saturated rings. The first-order valence-corrected chi connectivity index (χ1v) is 11.0. The van der Waals surface area contributed by atoms with Crippen LogP contribution in [0.25, 0.3) is 44.3 Å². The Morgan fingerprint density at radius 3 is 2.77 bits per heavy atom. The Bertz CT molecular complexity index is 1610. The summed E-state index contributed by atoms with van der Waals surface area (Å²) in [5.41, 5.74) is 12.9. The van der Waals surface area contributed by atoms with E-state index in [1.807, 2.05) is 23.9 Å². The number of imidazole rings is 1. The van der Waals surface area contributed by atoms with E-state index in [1.165, 1.54) is 38.1 Å². The van der Waals surface area contributed by atoms with Gasteiger partial charge in [-0.1, -0.05) is 42.5 Å². The van der Waals surface area contributed by atoms with Crippen LogP contribution < -0.4 is 0 Å². The number of fused-ring (bicyclic) bond motifs is 8. The largest absolute Gasteiger partial charge is 0.292 e. The van der Waals surface area contributed by atoms with Crippen molar-refractivity contribution in [3.8, 4) is 11.1 Å². The van der Waals surface area contributed by atoms with Gasteiger partial charge in [0.25, 0.3) is 0 Å². The summed E-state index contributed by atoms with van der Waals surface area (Å²) in [5, 5.41) is 1.62. The number of benzene rings is 3. The number of hydrogen-bond donors (Lipinski definition) is 0. The predicted octanol–water partition coefficient (Wildman–Crippen LogP) is 6.89. The van der Waals surface area contributed by atoms with Crippen LogP contribution in [-0.2, 0) is 0 Å². The summed E-state index contributed by atoms with van der Waals surface area (Å²) in [5.74, 6) is 0. The van der Waals surface area contributed by atoms with E-state index in [2.05, 4.69) is 89.0 Å². The Labute approximate surface area is 177 Å². The van der Waals surface area contributed by atoms with Crippen LogP contribution in [0.15, 0.2) is 102 Å². The highest BCUT2D eigenvalue weighted by Crippen LogP contribution is 2.47. The molecule has 0 N–H and O–H groups in total. The molecule has 1 aliphatic heterocycles. The van der Waals surface area contributed by atoms with E-state index in [0.29, 0.717) is 5.25 Å². The highest BCUT2D eigenvalue weighted by molar-refractivity contribution is 8.01. The van der Waals surface area contributed by atoms with Gasteiger partial charge >= 0.3 is 0 Å². The molecule has 3 aromatic carbocycles. The van der Waals surface area contributed by atoms with Crippen molar-refractivity contribution in [3.63, 3.8) is 0 Å². The summed E-state index contributed by atoms with van der Waals surface area (Å²) in [4.78, 5) is 6.11. The van der Waals surface area contributed by atoms with Crippen molar-refractivity contribution in [3.05, 3.63) is 102 Å². The van der Waals surface area contributed by atoms with Crippen molar-refractivity contribution in [2.24, 2.45) is 0 Å². The molecule has 0 saturated heterocycles. The molecule has 2 aromatic heterocycles. The van der Waals surface area contributed by atoms with E-state index in [4.69, 9.17) is 4.98 Å². The molecule has 3 heterocycles. The van der Waals surface area contributed by atoms with E-state index in [0.717, 1.165) is 16.7 Å². The molecule has 140 valence electrons. The third-order valence-electron chi connectivity index (χ3n) is 6.03. The minimum Gasteiger partial charge on any atom is -0.292 e. The lowest BCUT2D eigenvalue weighted by Crippen LogP contribution is -1.95. The fourth-order valence-electron chi connectivity index (χ4n) is 4.61. The summed E-state index contributed by atoms with van der Waals surface area (Å²) in [7, 11) is 0. The molecule has 3 heteroatoms. The maximum atomic E-state index is 4.76. The third kappa shape index (κ3) is 2.25. The van der Waals surface area contributed by atoms with Crippen LogP contribution in [0.3, 0.4) is 0 Å². The molecule has 0 bridgehead atoms. The van der Waals surface area contributed by atoms with Gasteiger partial charge in [0, 0.05) is 16.0 Å². The Kier molecular flexibility index (Phi) is 3.25. The van der Waals surface area contributed by atoms with Crippen LogP contribution >= 0.6 is 11.8 Å². The van der Waals surface area contributed by atoms with Gasteiger partial charge in [0.2, 0.25) is 0 Å². The molecule has 7 rings (SSSR count). The molecular formula is C27H16N2S. The molecule has 1 atom stereocenters. The van der Waals surface area contributed by atoms with Crippen molar-refractivity contribution in [1.82, 2.24) is 9.38 Å². The van der Waals surface area contributed by atoms with Gasteiger partial charge in [-0.25, -0.2) is 4.98 Å².